The van der Waals surface area contributed by atoms with Gasteiger partial charge < -0.3 is 15.3 Å². The number of fused-ring (bicyclic) bond motifs is 2. The molecule has 0 aliphatic rings. The maximum atomic E-state index is 9.39. The summed E-state index contributed by atoms with van der Waals surface area (Å²) in [4.78, 5) is 8.90. The molecule has 5 nitrogen and oxygen atoms in total. The minimum atomic E-state index is -1.72. The zero-order valence-electron chi connectivity index (χ0n) is 11.3. The molecule has 5 heteroatoms. The fraction of sp³-hybridized carbons (Fsp3) is 0.250. The van der Waals surface area contributed by atoms with Crippen LogP contribution in [0.25, 0.3) is 21.8 Å². The number of aliphatic hydroxyl groups excluding tert-OH is 2. The molecule has 1 aromatic heterocycles. The summed E-state index contributed by atoms with van der Waals surface area (Å²) in [6.45, 7) is 0. The van der Waals surface area contributed by atoms with E-state index in [9.17, 15) is 5.11 Å². The zero-order valence-corrected chi connectivity index (χ0v) is 11.3. The fourth-order valence-electron chi connectivity index (χ4n) is 2.30. The second kappa shape index (κ2) is 5.73. The SMILES string of the molecule is OC(O)[C@H](O)CCc1cnc2cc3ccccc3cc2n1. The largest absolute Gasteiger partial charge is 0.388 e. The molecule has 0 fully saturated rings. The van der Waals surface area contributed by atoms with Crippen molar-refractivity contribution in [1.29, 1.82) is 0 Å². The van der Waals surface area contributed by atoms with Crippen LogP contribution in [0.4, 0.5) is 0 Å². The molecule has 0 saturated carbocycles. The normalized spacial score (nSPS) is 13.1. The zero-order chi connectivity index (χ0) is 14.8. The van der Waals surface area contributed by atoms with Crippen molar-refractivity contribution < 1.29 is 15.3 Å². The lowest BCUT2D eigenvalue weighted by molar-refractivity contribution is -0.123. The molecule has 0 aliphatic carbocycles. The second-order valence-electron chi connectivity index (χ2n) is 5.07. The molecule has 0 amide bonds. The topological polar surface area (TPSA) is 86.5 Å². The minimum Gasteiger partial charge on any atom is -0.388 e. The molecule has 21 heavy (non-hydrogen) atoms. The average molecular weight is 284 g/mol. The van der Waals surface area contributed by atoms with Crippen molar-refractivity contribution in [3.8, 4) is 0 Å². The molecule has 0 unspecified atom stereocenters. The van der Waals surface area contributed by atoms with Crippen LogP contribution in [0.15, 0.2) is 42.6 Å². The molecule has 1 heterocycles. The molecular weight excluding hydrogens is 268 g/mol. The number of hydrogen-bond donors (Lipinski definition) is 3. The highest BCUT2D eigenvalue weighted by Gasteiger charge is 2.13. The van der Waals surface area contributed by atoms with Crippen molar-refractivity contribution in [3.05, 3.63) is 48.3 Å². The van der Waals surface area contributed by atoms with Crippen molar-refractivity contribution in [1.82, 2.24) is 9.97 Å². The lowest BCUT2D eigenvalue weighted by Crippen LogP contribution is -2.25. The number of benzene rings is 2. The Morgan fingerprint density at radius 2 is 1.62 bits per heavy atom. The Morgan fingerprint density at radius 3 is 2.29 bits per heavy atom. The van der Waals surface area contributed by atoms with Gasteiger partial charge in [0.25, 0.3) is 0 Å². The fourth-order valence-corrected chi connectivity index (χ4v) is 2.30. The molecular formula is C16H16N2O3. The van der Waals surface area contributed by atoms with Crippen molar-refractivity contribution in [2.24, 2.45) is 0 Å². The molecule has 0 spiro atoms. The number of nitrogens with zero attached hydrogens (tertiary/aromatic N) is 2. The van der Waals surface area contributed by atoms with Gasteiger partial charge in [-0.15, -0.1) is 0 Å². The molecule has 3 rings (SSSR count). The van der Waals surface area contributed by atoms with E-state index in [-0.39, 0.29) is 6.42 Å². The Morgan fingerprint density at radius 1 is 0.952 bits per heavy atom. The van der Waals surface area contributed by atoms with Crippen LogP contribution in [0.2, 0.25) is 0 Å². The standard InChI is InChI=1S/C16H16N2O3/c19-15(16(20)21)6-5-12-9-17-13-7-10-3-1-2-4-11(10)8-14(13)18-12/h1-4,7-9,15-16,19-21H,5-6H2/t15-/m1/s1. The Balaban J connectivity index is 1.90. The van der Waals surface area contributed by atoms with Gasteiger partial charge in [-0.05, 0) is 35.7 Å². The van der Waals surface area contributed by atoms with Gasteiger partial charge in [-0.2, -0.15) is 0 Å². The molecule has 0 radical (unpaired) electrons. The van der Waals surface area contributed by atoms with Crippen molar-refractivity contribution >= 4 is 21.8 Å². The Labute approximate surface area is 121 Å². The van der Waals surface area contributed by atoms with Gasteiger partial charge in [0, 0.05) is 6.20 Å². The highest BCUT2D eigenvalue weighted by Crippen LogP contribution is 2.20. The summed E-state index contributed by atoms with van der Waals surface area (Å²) in [7, 11) is 0. The van der Waals surface area contributed by atoms with Crippen LogP contribution in [-0.4, -0.2) is 37.7 Å². The number of aliphatic hydroxyl groups is 3. The van der Waals surface area contributed by atoms with Crippen LogP contribution in [-0.2, 0) is 6.42 Å². The van der Waals surface area contributed by atoms with Gasteiger partial charge in [0.1, 0.15) is 6.10 Å². The molecule has 3 aromatic rings. The summed E-state index contributed by atoms with van der Waals surface area (Å²) >= 11 is 0. The third-order valence-electron chi connectivity index (χ3n) is 3.50. The third kappa shape index (κ3) is 3.00. The van der Waals surface area contributed by atoms with Crippen LogP contribution in [0.5, 0.6) is 0 Å². The lowest BCUT2D eigenvalue weighted by atomic mass is 10.1. The highest BCUT2D eigenvalue weighted by molar-refractivity contribution is 5.94. The Hall–Kier alpha value is -2.08. The van der Waals surface area contributed by atoms with Crippen LogP contribution in [0, 0.1) is 0 Å². The van der Waals surface area contributed by atoms with Gasteiger partial charge in [0.15, 0.2) is 6.29 Å². The van der Waals surface area contributed by atoms with Gasteiger partial charge in [-0.1, -0.05) is 24.3 Å². The lowest BCUT2D eigenvalue weighted by Gasteiger charge is -2.11. The smallest absolute Gasteiger partial charge is 0.178 e. The van der Waals surface area contributed by atoms with Crippen molar-refractivity contribution in [3.63, 3.8) is 0 Å². The summed E-state index contributed by atoms with van der Waals surface area (Å²) in [5.41, 5.74) is 2.34. The van der Waals surface area contributed by atoms with Crippen LogP contribution >= 0.6 is 0 Å². The van der Waals surface area contributed by atoms with Crippen LogP contribution < -0.4 is 0 Å². The van der Waals surface area contributed by atoms with E-state index >= 15 is 0 Å². The summed E-state index contributed by atoms with van der Waals surface area (Å²) in [6.07, 6.45) is -0.561. The summed E-state index contributed by atoms with van der Waals surface area (Å²) < 4.78 is 0. The van der Waals surface area contributed by atoms with Gasteiger partial charge in [0.2, 0.25) is 0 Å². The molecule has 0 bridgehead atoms. The molecule has 2 aromatic carbocycles. The first-order chi connectivity index (χ1) is 10.1. The Kier molecular flexibility index (Phi) is 3.79. The van der Waals surface area contributed by atoms with E-state index in [1.54, 1.807) is 6.20 Å². The van der Waals surface area contributed by atoms with E-state index in [1.807, 2.05) is 36.4 Å². The number of hydrogen-bond acceptors (Lipinski definition) is 5. The van der Waals surface area contributed by atoms with Gasteiger partial charge >= 0.3 is 0 Å². The first kappa shape index (κ1) is 13.9. The third-order valence-corrected chi connectivity index (χ3v) is 3.50. The van der Waals surface area contributed by atoms with Crippen LogP contribution in [0.1, 0.15) is 12.1 Å². The van der Waals surface area contributed by atoms with E-state index in [2.05, 4.69) is 9.97 Å². The molecule has 1 atom stereocenters. The molecule has 0 aliphatic heterocycles. The second-order valence-corrected chi connectivity index (χ2v) is 5.07. The van der Waals surface area contributed by atoms with Gasteiger partial charge in [-0.25, -0.2) is 4.98 Å². The minimum absolute atomic E-state index is 0.228. The number of aromatic nitrogens is 2. The van der Waals surface area contributed by atoms with E-state index in [0.717, 1.165) is 27.5 Å². The molecule has 3 N–H and O–H groups in total. The highest BCUT2D eigenvalue weighted by atomic mass is 16.5. The van der Waals surface area contributed by atoms with E-state index < -0.39 is 12.4 Å². The average Bonchev–Trinajstić information content (AvgIpc) is 2.50. The maximum absolute atomic E-state index is 9.39. The summed E-state index contributed by atoms with van der Waals surface area (Å²) in [5, 5.41) is 29.3. The number of aryl methyl sites for hydroxylation is 1. The number of rotatable bonds is 4. The first-order valence-electron chi connectivity index (χ1n) is 6.82. The molecule has 0 saturated heterocycles. The van der Waals surface area contributed by atoms with E-state index in [1.165, 1.54) is 0 Å². The van der Waals surface area contributed by atoms with Crippen molar-refractivity contribution in [2.45, 2.75) is 25.2 Å². The van der Waals surface area contributed by atoms with Gasteiger partial charge in [-0.3, -0.25) is 4.98 Å². The van der Waals surface area contributed by atoms with Crippen LogP contribution in [0.3, 0.4) is 0 Å². The monoisotopic (exact) mass is 284 g/mol. The van der Waals surface area contributed by atoms with E-state index in [0.29, 0.717) is 6.42 Å². The van der Waals surface area contributed by atoms with E-state index in [4.69, 9.17) is 10.2 Å². The Bertz CT molecular complexity index is 774. The first-order valence-corrected chi connectivity index (χ1v) is 6.82. The summed E-state index contributed by atoms with van der Waals surface area (Å²) in [5.74, 6) is 0. The summed E-state index contributed by atoms with van der Waals surface area (Å²) in [6, 6.07) is 12.0. The predicted octanol–water partition coefficient (Wildman–Crippen LogP) is 1.39. The quantitative estimate of drug-likeness (QED) is 0.498. The maximum Gasteiger partial charge on any atom is 0.178 e. The molecule has 108 valence electrons. The van der Waals surface area contributed by atoms with Crippen molar-refractivity contribution in [2.75, 3.05) is 0 Å². The predicted molar refractivity (Wildman–Crippen MR) is 79.6 cm³/mol. The van der Waals surface area contributed by atoms with Gasteiger partial charge in [0.05, 0.1) is 16.7 Å².